The molecule has 1 aromatic rings. The number of anilines is 1. The lowest BCUT2D eigenvalue weighted by atomic mass is 10.3. The maximum atomic E-state index is 5.83. The first-order valence-corrected chi connectivity index (χ1v) is 8.98. The zero-order valence-corrected chi connectivity index (χ0v) is 16.9. The maximum absolute atomic E-state index is 5.83. The highest BCUT2D eigenvalue weighted by Crippen LogP contribution is 2.24. The van der Waals surface area contributed by atoms with E-state index in [1.54, 1.807) is 11.3 Å². The minimum Gasteiger partial charge on any atom is -0.382 e. The Morgan fingerprint density at radius 3 is 3.00 bits per heavy atom. The molecule has 1 fully saturated rings. The van der Waals surface area contributed by atoms with Crippen LogP contribution >= 0.6 is 35.3 Å². The number of nitrogens with zero attached hydrogens (tertiary/aromatic N) is 3. The second kappa shape index (κ2) is 11.9. The Kier molecular flexibility index (Phi) is 10.5. The minimum absolute atomic E-state index is 0. The lowest BCUT2D eigenvalue weighted by molar-refractivity contribution is 0.146. The Bertz CT molecular complexity index is 462. The molecule has 1 saturated heterocycles. The van der Waals surface area contributed by atoms with Gasteiger partial charge in [0.25, 0.3) is 0 Å². The van der Waals surface area contributed by atoms with Gasteiger partial charge in [-0.3, -0.25) is 4.99 Å². The SMILES string of the molecule is CCOCCCN=C(N)NCCc1csc(N2CCCC2)n1.I. The first-order valence-electron chi connectivity index (χ1n) is 8.10. The van der Waals surface area contributed by atoms with E-state index in [0.29, 0.717) is 12.5 Å². The molecule has 1 aromatic heterocycles. The van der Waals surface area contributed by atoms with Crippen LogP contribution < -0.4 is 16.0 Å². The number of hydrogen-bond donors (Lipinski definition) is 2. The Balaban J connectivity index is 0.00000264. The normalized spacial score (nSPS) is 14.8. The van der Waals surface area contributed by atoms with Crippen LogP contribution in [-0.2, 0) is 11.2 Å². The van der Waals surface area contributed by atoms with Crippen LogP contribution in [0.15, 0.2) is 10.4 Å². The van der Waals surface area contributed by atoms with Crippen molar-refractivity contribution in [2.75, 3.05) is 44.3 Å². The van der Waals surface area contributed by atoms with Gasteiger partial charge in [0.1, 0.15) is 0 Å². The Hall–Kier alpha value is -0.610. The number of nitrogens with one attached hydrogen (secondary N) is 1. The van der Waals surface area contributed by atoms with Crippen molar-refractivity contribution in [3.63, 3.8) is 0 Å². The number of hydrogen-bond acceptors (Lipinski definition) is 5. The molecule has 0 unspecified atom stereocenters. The summed E-state index contributed by atoms with van der Waals surface area (Å²) < 4.78 is 5.26. The molecule has 132 valence electrons. The molecule has 23 heavy (non-hydrogen) atoms. The number of aromatic nitrogens is 1. The predicted molar refractivity (Wildman–Crippen MR) is 108 cm³/mol. The molecule has 6 nitrogen and oxygen atoms in total. The van der Waals surface area contributed by atoms with Crippen LogP contribution in [0.4, 0.5) is 5.13 Å². The van der Waals surface area contributed by atoms with E-state index < -0.39 is 0 Å². The molecule has 0 amide bonds. The highest BCUT2D eigenvalue weighted by atomic mass is 127. The molecule has 0 spiro atoms. The molecule has 0 radical (unpaired) electrons. The van der Waals surface area contributed by atoms with E-state index in [2.05, 4.69) is 20.6 Å². The average Bonchev–Trinajstić information content (AvgIpc) is 3.18. The molecular weight excluding hydrogens is 425 g/mol. The van der Waals surface area contributed by atoms with E-state index in [0.717, 1.165) is 56.5 Å². The summed E-state index contributed by atoms with van der Waals surface area (Å²) in [5.74, 6) is 0.506. The summed E-state index contributed by atoms with van der Waals surface area (Å²) in [6, 6.07) is 0. The third-order valence-electron chi connectivity index (χ3n) is 3.54. The van der Waals surface area contributed by atoms with Gasteiger partial charge < -0.3 is 20.7 Å². The average molecular weight is 453 g/mol. The van der Waals surface area contributed by atoms with Gasteiger partial charge in [-0.05, 0) is 26.2 Å². The summed E-state index contributed by atoms with van der Waals surface area (Å²) in [4.78, 5) is 11.3. The number of halogens is 1. The smallest absolute Gasteiger partial charge is 0.188 e. The predicted octanol–water partition coefficient (Wildman–Crippen LogP) is 2.23. The summed E-state index contributed by atoms with van der Waals surface area (Å²) in [6.45, 7) is 7.25. The molecule has 0 aromatic carbocycles. The van der Waals surface area contributed by atoms with E-state index in [-0.39, 0.29) is 24.0 Å². The quantitative estimate of drug-likeness (QED) is 0.260. The van der Waals surface area contributed by atoms with Crippen molar-refractivity contribution in [1.29, 1.82) is 0 Å². The number of ether oxygens (including phenoxy) is 1. The third-order valence-corrected chi connectivity index (χ3v) is 4.49. The third kappa shape index (κ3) is 7.67. The number of guanidine groups is 1. The van der Waals surface area contributed by atoms with E-state index in [9.17, 15) is 0 Å². The Morgan fingerprint density at radius 1 is 1.48 bits per heavy atom. The zero-order chi connectivity index (χ0) is 15.6. The summed E-state index contributed by atoms with van der Waals surface area (Å²) in [7, 11) is 0. The van der Waals surface area contributed by atoms with Gasteiger partial charge in [0, 0.05) is 51.2 Å². The fraction of sp³-hybridized carbons (Fsp3) is 0.733. The second-order valence-corrected chi connectivity index (χ2v) is 6.15. The zero-order valence-electron chi connectivity index (χ0n) is 13.8. The van der Waals surface area contributed by atoms with E-state index in [1.165, 1.54) is 12.8 Å². The van der Waals surface area contributed by atoms with Crippen molar-refractivity contribution in [3.8, 4) is 0 Å². The van der Waals surface area contributed by atoms with Crippen LogP contribution in [0.1, 0.15) is 31.9 Å². The van der Waals surface area contributed by atoms with Gasteiger partial charge >= 0.3 is 0 Å². The Morgan fingerprint density at radius 2 is 2.26 bits per heavy atom. The van der Waals surface area contributed by atoms with Gasteiger partial charge in [-0.15, -0.1) is 35.3 Å². The molecule has 0 bridgehead atoms. The number of nitrogens with two attached hydrogens (primary N) is 1. The van der Waals surface area contributed by atoms with E-state index >= 15 is 0 Å². The molecule has 1 aliphatic heterocycles. The topological polar surface area (TPSA) is 75.8 Å². The van der Waals surface area contributed by atoms with Crippen LogP contribution in [0.2, 0.25) is 0 Å². The summed E-state index contributed by atoms with van der Waals surface area (Å²) in [6.07, 6.45) is 4.35. The lowest BCUT2D eigenvalue weighted by Crippen LogP contribution is -2.33. The molecular formula is C15H28IN5OS. The van der Waals surface area contributed by atoms with E-state index in [4.69, 9.17) is 15.5 Å². The number of rotatable bonds is 9. The van der Waals surface area contributed by atoms with Crippen molar-refractivity contribution in [2.24, 2.45) is 10.7 Å². The van der Waals surface area contributed by atoms with Crippen LogP contribution in [0.5, 0.6) is 0 Å². The number of thiazole rings is 1. The fourth-order valence-corrected chi connectivity index (χ4v) is 3.26. The van der Waals surface area contributed by atoms with Crippen molar-refractivity contribution >= 4 is 46.4 Å². The van der Waals surface area contributed by atoms with Crippen molar-refractivity contribution in [3.05, 3.63) is 11.1 Å². The van der Waals surface area contributed by atoms with Gasteiger partial charge in [0.15, 0.2) is 11.1 Å². The lowest BCUT2D eigenvalue weighted by Gasteiger charge is -2.12. The molecule has 0 saturated carbocycles. The molecule has 3 N–H and O–H groups in total. The first-order chi connectivity index (χ1) is 10.8. The standard InChI is InChI=1S/C15H27N5OS.HI/c1-2-21-11-5-7-17-14(16)18-8-6-13-12-22-15(19-13)20-9-3-4-10-20;/h12H,2-11H2,1H3,(H3,16,17,18);1H. The van der Waals surface area contributed by atoms with Crippen molar-refractivity contribution in [1.82, 2.24) is 10.3 Å². The largest absolute Gasteiger partial charge is 0.382 e. The molecule has 2 heterocycles. The van der Waals surface area contributed by atoms with Crippen molar-refractivity contribution < 1.29 is 4.74 Å². The minimum atomic E-state index is 0. The molecule has 2 rings (SSSR count). The first kappa shape index (κ1) is 20.4. The van der Waals surface area contributed by atoms with Gasteiger partial charge in [0.05, 0.1) is 5.69 Å². The van der Waals surface area contributed by atoms with Crippen LogP contribution in [-0.4, -0.2) is 50.3 Å². The summed E-state index contributed by atoms with van der Waals surface area (Å²) in [5.41, 5.74) is 6.96. The highest BCUT2D eigenvalue weighted by Gasteiger charge is 2.15. The van der Waals surface area contributed by atoms with E-state index in [1.807, 2.05) is 6.92 Å². The molecule has 0 aliphatic carbocycles. The second-order valence-electron chi connectivity index (χ2n) is 5.31. The molecule has 1 aliphatic rings. The molecule has 8 heteroatoms. The molecule has 0 atom stereocenters. The highest BCUT2D eigenvalue weighted by molar-refractivity contribution is 14.0. The van der Waals surface area contributed by atoms with Crippen molar-refractivity contribution in [2.45, 2.75) is 32.6 Å². The van der Waals surface area contributed by atoms with Crippen LogP contribution in [0, 0.1) is 0 Å². The van der Waals surface area contributed by atoms with Gasteiger partial charge in [0.2, 0.25) is 0 Å². The Labute approximate surface area is 159 Å². The monoisotopic (exact) mass is 453 g/mol. The van der Waals surface area contributed by atoms with Gasteiger partial charge in [-0.2, -0.15) is 0 Å². The van der Waals surface area contributed by atoms with Gasteiger partial charge in [-0.1, -0.05) is 0 Å². The van der Waals surface area contributed by atoms with Gasteiger partial charge in [-0.25, -0.2) is 4.98 Å². The summed E-state index contributed by atoms with van der Waals surface area (Å²) >= 11 is 1.74. The fourth-order valence-electron chi connectivity index (χ4n) is 2.35. The number of aliphatic imine (C=N–C) groups is 1. The van der Waals surface area contributed by atoms with Crippen LogP contribution in [0.3, 0.4) is 0 Å². The van der Waals surface area contributed by atoms with Crippen LogP contribution in [0.25, 0.3) is 0 Å². The maximum Gasteiger partial charge on any atom is 0.188 e. The summed E-state index contributed by atoms with van der Waals surface area (Å²) in [5, 5.41) is 6.44.